The molecule has 1 aliphatic heterocycles. The first kappa shape index (κ1) is 7.48. The summed E-state index contributed by atoms with van der Waals surface area (Å²) in [4.78, 5) is 0. The summed E-state index contributed by atoms with van der Waals surface area (Å²) in [6.45, 7) is 9.33. The molecule has 8 heavy (non-hydrogen) atoms. The lowest BCUT2D eigenvalue weighted by Crippen LogP contribution is -1.47. The monoisotopic (exact) mass is 112 g/mol. The molecule has 0 atom stereocenters. The molecule has 0 aromatic carbocycles. The molecule has 0 aliphatic carbocycles. The van der Waals surface area contributed by atoms with Crippen molar-refractivity contribution in [1.82, 2.24) is 0 Å². The summed E-state index contributed by atoms with van der Waals surface area (Å²) in [5, 5.41) is 0. The Kier molecular flexibility index (Phi) is 4.33. The van der Waals surface area contributed by atoms with Crippen LogP contribution in [0.3, 0.4) is 0 Å². The molecule has 0 amide bonds. The smallest absolute Gasteiger partial charge is 0.0701 e. The minimum Gasteiger partial charge on any atom is -0.377 e. The van der Waals surface area contributed by atoms with E-state index in [9.17, 15) is 0 Å². The van der Waals surface area contributed by atoms with Crippen LogP contribution >= 0.6 is 0 Å². The molecule has 0 unspecified atom stereocenters. The molecule has 1 heteroatoms. The van der Waals surface area contributed by atoms with Crippen LogP contribution in [-0.2, 0) is 4.74 Å². The Morgan fingerprint density at radius 3 is 1.75 bits per heavy atom. The van der Waals surface area contributed by atoms with E-state index in [-0.39, 0.29) is 0 Å². The maximum atomic E-state index is 4.50. The summed E-state index contributed by atoms with van der Waals surface area (Å²) in [6, 6.07) is 0. The summed E-state index contributed by atoms with van der Waals surface area (Å²) in [5.41, 5.74) is 3.84. The van der Waals surface area contributed by atoms with E-state index in [2.05, 4.69) is 17.0 Å². The molecule has 46 valence electrons. The number of epoxide rings is 1. The highest BCUT2D eigenvalue weighted by Crippen LogP contribution is 1.84. The second-order valence-electron chi connectivity index (χ2n) is 1.79. The Bertz CT molecular complexity index is 90.2. The lowest BCUT2D eigenvalue weighted by Gasteiger charge is -1.67. The third-order valence-corrected chi connectivity index (χ3v) is 0.558. The van der Waals surface area contributed by atoms with Gasteiger partial charge in [0.2, 0.25) is 0 Å². The largest absolute Gasteiger partial charge is 0.377 e. The van der Waals surface area contributed by atoms with Gasteiger partial charge < -0.3 is 4.74 Å². The van der Waals surface area contributed by atoms with E-state index in [1.54, 1.807) is 0 Å². The van der Waals surface area contributed by atoms with Crippen LogP contribution in [0.1, 0.15) is 13.8 Å². The van der Waals surface area contributed by atoms with Gasteiger partial charge in [0.15, 0.2) is 0 Å². The lowest BCUT2D eigenvalue weighted by molar-refractivity contribution is 0.475. The molecule has 0 N–H and O–H groups in total. The van der Waals surface area contributed by atoms with Crippen molar-refractivity contribution in [3.8, 4) is 0 Å². The van der Waals surface area contributed by atoms with Crippen LogP contribution in [0, 0.1) is 0 Å². The number of hydrogen-bond donors (Lipinski definition) is 0. The van der Waals surface area contributed by atoms with Crippen LogP contribution in [0.2, 0.25) is 0 Å². The fraction of sp³-hybridized carbons (Fsp3) is 0.571. The first-order valence-corrected chi connectivity index (χ1v) is 2.68. The molecule has 0 spiro atoms. The Morgan fingerprint density at radius 1 is 1.50 bits per heavy atom. The van der Waals surface area contributed by atoms with Crippen LogP contribution in [0.15, 0.2) is 17.9 Å². The average Bonchev–Trinajstić information content (AvgIpc) is 2.48. The zero-order chi connectivity index (χ0) is 6.41. The minimum atomic E-state index is 1.00. The van der Waals surface area contributed by atoms with E-state index < -0.39 is 0 Å². The SMILES string of the molecule is C1CO1.C=C=C(C)C. The quantitative estimate of drug-likeness (QED) is 0.343. The minimum absolute atomic E-state index is 1.00. The van der Waals surface area contributed by atoms with E-state index in [0.717, 1.165) is 18.8 Å². The molecule has 0 radical (unpaired) electrons. The Morgan fingerprint density at radius 2 is 1.75 bits per heavy atom. The second-order valence-corrected chi connectivity index (χ2v) is 1.79. The predicted octanol–water partition coefficient (Wildman–Crippen LogP) is 1.75. The van der Waals surface area contributed by atoms with Crippen molar-refractivity contribution in [1.29, 1.82) is 0 Å². The molecule has 1 fully saturated rings. The first-order valence-electron chi connectivity index (χ1n) is 2.68. The molecule has 1 rings (SSSR count). The summed E-state index contributed by atoms with van der Waals surface area (Å²) in [6.07, 6.45) is 0. The van der Waals surface area contributed by atoms with Crippen LogP contribution in [0.5, 0.6) is 0 Å². The van der Waals surface area contributed by atoms with Crippen molar-refractivity contribution in [2.45, 2.75) is 13.8 Å². The van der Waals surface area contributed by atoms with Crippen molar-refractivity contribution in [2.24, 2.45) is 0 Å². The third-order valence-electron chi connectivity index (χ3n) is 0.558. The fourth-order valence-corrected chi connectivity index (χ4v) is 0. The van der Waals surface area contributed by atoms with Crippen molar-refractivity contribution in [3.63, 3.8) is 0 Å². The van der Waals surface area contributed by atoms with Gasteiger partial charge in [-0.15, -0.1) is 5.73 Å². The van der Waals surface area contributed by atoms with Crippen molar-refractivity contribution in [3.05, 3.63) is 17.9 Å². The van der Waals surface area contributed by atoms with E-state index >= 15 is 0 Å². The van der Waals surface area contributed by atoms with Crippen LogP contribution in [-0.4, -0.2) is 13.2 Å². The highest BCUT2D eigenvalue weighted by Gasteiger charge is 1.94. The maximum absolute atomic E-state index is 4.50. The molecule has 0 bridgehead atoms. The summed E-state index contributed by atoms with van der Waals surface area (Å²) >= 11 is 0. The van der Waals surface area contributed by atoms with E-state index in [1.807, 2.05) is 13.8 Å². The van der Waals surface area contributed by atoms with E-state index in [4.69, 9.17) is 0 Å². The number of allylic oxidation sites excluding steroid dienone is 1. The molecule has 0 saturated carbocycles. The van der Waals surface area contributed by atoms with Crippen molar-refractivity contribution < 1.29 is 4.74 Å². The lowest BCUT2D eigenvalue weighted by atomic mass is 10.4. The summed E-state index contributed by atoms with van der Waals surface area (Å²) in [7, 11) is 0. The van der Waals surface area contributed by atoms with E-state index in [0.29, 0.717) is 0 Å². The molecule has 1 nitrogen and oxygen atoms in total. The van der Waals surface area contributed by atoms with Gasteiger partial charge >= 0.3 is 0 Å². The topological polar surface area (TPSA) is 12.5 Å². The third kappa shape index (κ3) is 17.9. The average molecular weight is 112 g/mol. The molecule has 1 aliphatic rings. The van der Waals surface area contributed by atoms with Gasteiger partial charge in [-0.25, -0.2) is 0 Å². The van der Waals surface area contributed by atoms with Gasteiger partial charge in [0, 0.05) is 0 Å². The number of hydrogen-bond acceptors (Lipinski definition) is 1. The molecule has 0 aromatic heterocycles. The Balaban J connectivity index is 0.000000135. The summed E-state index contributed by atoms with van der Waals surface area (Å²) in [5.74, 6) is 0. The predicted molar refractivity (Wildman–Crippen MR) is 34.8 cm³/mol. The van der Waals surface area contributed by atoms with Crippen molar-refractivity contribution in [2.75, 3.05) is 13.2 Å². The van der Waals surface area contributed by atoms with Gasteiger partial charge in [-0.1, -0.05) is 6.58 Å². The first-order chi connectivity index (χ1) is 3.77. The Labute approximate surface area is 50.7 Å². The Hall–Kier alpha value is -0.520. The molecule has 0 aromatic rings. The molecule has 1 saturated heterocycles. The van der Waals surface area contributed by atoms with Gasteiger partial charge in [-0.05, 0) is 19.4 Å². The van der Waals surface area contributed by atoms with Gasteiger partial charge in [0.1, 0.15) is 0 Å². The zero-order valence-corrected chi connectivity index (χ0v) is 5.53. The molecule has 1 heterocycles. The number of rotatable bonds is 0. The fourth-order valence-electron chi connectivity index (χ4n) is 0. The standard InChI is InChI=1S/C5H8.C2H4O/c1-4-5(2)3;1-2-3-1/h1H2,2-3H3;1-2H2. The maximum Gasteiger partial charge on any atom is 0.0701 e. The van der Waals surface area contributed by atoms with Gasteiger partial charge in [0.25, 0.3) is 0 Å². The van der Waals surface area contributed by atoms with Gasteiger partial charge in [-0.3, -0.25) is 0 Å². The van der Waals surface area contributed by atoms with Gasteiger partial charge in [0.05, 0.1) is 13.2 Å². The highest BCUT2D eigenvalue weighted by atomic mass is 16.6. The van der Waals surface area contributed by atoms with Crippen LogP contribution < -0.4 is 0 Å². The highest BCUT2D eigenvalue weighted by molar-refractivity contribution is 4.87. The number of ether oxygens (including phenoxy) is 1. The van der Waals surface area contributed by atoms with Crippen molar-refractivity contribution >= 4 is 0 Å². The van der Waals surface area contributed by atoms with Crippen LogP contribution in [0.25, 0.3) is 0 Å². The molecular weight excluding hydrogens is 100 g/mol. The van der Waals surface area contributed by atoms with Crippen LogP contribution in [0.4, 0.5) is 0 Å². The van der Waals surface area contributed by atoms with E-state index in [1.165, 1.54) is 0 Å². The zero-order valence-electron chi connectivity index (χ0n) is 5.53. The van der Waals surface area contributed by atoms with Gasteiger partial charge in [-0.2, -0.15) is 0 Å². The molecular formula is C7H12O. The normalized spacial score (nSPS) is 12.8. The summed E-state index contributed by atoms with van der Waals surface area (Å²) < 4.78 is 4.50. The second kappa shape index (κ2) is 4.63.